The minimum Gasteiger partial charge on any atom is -0.213 e. The molecule has 52 valence electrons. The van der Waals surface area contributed by atoms with Crippen molar-refractivity contribution in [2.45, 2.75) is 11.3 Å². The van der Waals surface area contributed by atoms with Crippen molar-refractivity contribution < 1.29 is 0 Å². The van der Waals surface area contributed by atoms with Crippen molar-refractivity contribution in [3.63, 3.8) is 0 Å². The van der Waals surface area contributed by atoms with Crippen LogP contribution in [0.3, 0.4) is 0 Å². The number of thioether (sulfide) groups is 1. The number of terminal acetylenes is 1. The standard InChI is InChI=1S/C6H6N2S2/c1-3-4-9-6-7-5(2)8-10-6/h1H,4H2,2H3. The average Bonchev–Trinajstić information content (AvgIpc) is 2.31. The summed E-state index contributed by atoms with van der Waals surface area (Å²) in [6.45, 7) is 1.87. The first-order valence-corrected chi connectivity index (χ1v) is 4.45. The fourth-order valence-corrected chi connectivity index (χ4v) is 1.77. The molecule has 0 bridgehead atoms. The average molecular weight is 170 g/mol. The van der Waals surface area contributed by atoms with Crippen LogP contribution >= 0.6 is 23.3 Å². The minimum atomic E-state index is 0.675. The van der Waals surface area contributed by atoms with E-state index in [0.29, 0.717) is 5.75 Å². The van der Waals surface area contributed by atoms with E-state index in [1.807, 2.05) is 6.92 Å². The van der Waals surface area contributed by atoms with Crippen molar-refractivity contribution >= 4 is 23.3 Å². The summed E-state index contributed by atoms with van der Waals surface area (Å²) in [4.78, 5) is 4.12. The lowest BCUT2D eigenvalue weighted by molar-refractivity contribution is 1.10. The van der Waals surface area contributed by atoms with E-state index in [1.54, 1.807) is 11.8 Å². The van der Waals surface area contributed by atoms with Crippen molar-refractivity contribution in [3.05, 3.63) is 5.82 Å². The van der Waals surface area contributed by atoms with Crippen molar-refractivity contribution in [3.8, 4) is 12.3 Å². The molecule has 0 aliphatic rings. The molecule has 0 aliphatic carbocycles. The maximum absolute atomic E-state index is 5.07. The van der Waals surface area contributed by atoms with Crippen LogP contribution in [-0.4, -0.2) is 15.1 Å². The topological polar surface area (TPSA) is 25.8 Å². The lowest BCUT2D eigenvalue weighted by Gasteiger charge is -1.83. The zero-order valence-corrected chi connectivity index (χ0v) is 7.13. The number of nitrogens with zero attached hydrogens (tertiary/aromatic N) is 2. The molecule has 4 heteroatoms. The summed E-state index contributed by atoms with van der Waals surface area (Å²) in [5, 5.41) is 0. The zero-order valence-electron chi connectivity index (χ0n) is 5.50. The van der Waals surface area contributed by atoms with Gasteiger partial charge in [0.2, 0.25) is 0 Å². The Morgan fingerprint density at radius 3 is 3.10 bits per heavy atom. The van der Waals surface area contributed by atoms with Crippen LogP contribution in [0.1, 0.15) is 5.82 Å². The minimum absolute atomic E-state index is 0.675. The molecule has 1 aromatic rings. The molecule has 0 saturated heterocycles. The Morgan fingerprint density at radius 1 is 1.80 bits per heavy atom. The lowest BCUT2D eigenvalue weighted by atomic mass is 10.8. The second-order valence-corrected chi connectivity index (χ2v) is 3.57. The molecular weight excluding hydrogens is 164 g/mol. The van der Waals surface area contributed by atoms with E-state index in [0.717, 1.165) is 10.2 Å². The van der Waals surface area contributed by atoms with Crippen LogP contribution in [0.4, 0.5) is 0 Å². The number of aromatic nitrogens is 2. The maximum Gasteiger partial charge on any atom is 0.171 e. The van der Waals surface area contributed by atoms with E-state index >= 15 is 0 Å². The van der Waals surface area contributed by atoms with E-state index in [2.05, 4.69) is 15.3 Å². The predicted molar refractivity (Wildman–Crippen MR) is 44.2 cm³/mol. The highest BCUT2D eigenvalue weighted by Crippen LogP contribution is 2.18. The smallest absolute Gasteiger partial charge is 0.171 e. The Kier molecular flexibility index (Phi) is 2.72. The first-order valence-electron chi connectivity index (χ1n) is 2.69. The molecule has 0 radical (unpaired) electrons. The highest BCUT2D eigenvalue weighted by atomic mass is 32.2. The van der Waals surface area contributed by atoms with Gasteiger partial charge in [-0.05, 0) is 18.5 Å². The molecule has 0 saturated carbocycles. The molecule has 0 fully saturated rings. The molecule has 0 aromatic carbocycles. The lowest BCUT2D eigenvalue weighted by Crippen LogP contribution is -1.73. The molecule has 0 atom stereocenters. The summed E-state index contributed by atoms with van der Waals surface area (Å²) in [6.07, 6.45) is 5.07. The summed E-state index contributed by atoms with van der Waals surface area (Å²) in [6, 6.07) is 0. The van der Waals surface area contributed by atoms with Gasteiger partial charge in [-0.25, -0.2) is 4.98 Å². The van der Waals surface area contributed by atoms with Crippen LogP contribution in [0.2, 0.25) is 0 Å². The molecule has 0 amide bonds. The normalized spacial score (nSPS) is 9.20. The van der Waals surface area contributed by atoms with Gasteiger partial charge in [-0.3, -0.25) is 0 Å². The third kappa shape index (κ3) is 2.01. The van der Waals surface area contributed by atoms with Gasteiger partial charge >= 0.3 is 0 Å². The fourth-order valence-electron chi connectivity index (χ4n) is 0.440. The van der Waals surface area contributed by atoms with E-state index in [9.17, 15) is 0 Å². The zero-order chi connectivity index (χ0) is 7.40. The van der Waals surface area contributed by atoms with Crippen molar-refractivity contribution in [1.82, 2.24) is 9.36 Å². The fraction of sp³-hybridized carbons (Fsp3) is 0.333. The molecule has 1 aromatic heterocycles. The van der Waals surface area contributed by atoms with Crippen molar-refractivity contribution in [2.75, 3.05) is 5.75 Å². The van der Waals surface area contributed by atoms with Gasteiger partial charge in [0.25, 0.3) is 0 Å². The van der Waals surface area contributed by atoms with E-state index < -0.39 is 0 Å². The summed E-state index contributed by atoms with van der Waals surface area (Å²) in [5.41, 5.74) is 0. The highest BCUT2D eigenvalue weighted by molar-refractivity contribution is 8.01. The third-order valence-corrected chi connectivity index (χ3v) is 2.62. The van der Waals surface area contributed by atoms with Crippen molar-refractivity contribution in [1.29, 1.82) is 0 Å². The van der Waals surface area contributed by atoms with Gasteiger partial charge in [-0.1, -0.05) is 17.7 Å². The number of hydrogen-bond acceptors (Lipinski definition) is 4. The van der Waals surface area contributed by atoms with Crippen LogP contribution in [0.25, 0.3) is 0 Å². The van der Waals surface area contributed by atoms with Crippen LogP contribution in [-0.2, 0) is 0 Å². The summed E-state index contributed by atoms with van der Waals surface area (Å²) in [5.74, 6) is 4.03. The van der Waals surface area contributed by atoms with Gasteiger partial charge in [0, 0.05) is 0 Å². The summed E-state index contributed by atoms with van der Waals surface area (Å²) < 4.78 is 4.96. The predicted octanol–water partition coefficient (Wildman–Crippen LogP) is 1.57. The third-order valence-electron chi connectivity index (χ3n) is 0.788. The van der Waals surface area contributed by atoms with Crippen LogP contribution < -0.4 is 0 Å². The molecule has 0 aliphatic heterocycles. The Morgan fingerprint density at radius 2 is 2.60 bits per heavy atom. The molecular formula is C6H6N2S2. The molecule has 0 N–H and O–H groups in total. The molecule has 0 unspecified atom stereocenters. The van der Waals surface area contributed by atoms with Crippen LogP contribution in [0.15, 0.2) is 4.34 Å². The number of aryl methyl sites for hydroxylation is 1. The van der Waals surface area contributed by atoms with Gasteiger partial charge in [0.15, 0.2) is 4.34 Å². The van der Waals surface area contributed by atoms with Gasteiger partial charge in [0.1, 0.15) is 5.82 Å². The maximum atomic E-state index is 5.07. The quantitative estimate of drug-likeness (QED) is 0.498. The molecule has 2 nitrogen and oxygen atoms in total. The van der Waals surface area contributed by atoms with E-state index in [1.165, 1.54) is 11.5 Å². The molecule has 10 heavy (non-hydrogen) atoms. The van der Waals surface area contributed by atoms with E-state index in [-0.39, 0.29) is 0 Å². The highest BCUT2D eigenvalue weighted by Gasteiger charge is 1.97. The van der Waals surface area contributed by atoms with Crippen LogP contribution in [0.5, 0.6) is 0 Å². The molecule has 1 heterocycles. The Labute approximate surface area is 68.2 Å². The summed E-state index contributed by atoms with van der Waals surface area (Å²) >= 11 is 2.95. The SMILES string of the molecule is C#CCSc1nc(C)ns1. The number of hydrogen-bond donors (Lipinski definition) is 0. The van der Waals surface area contributed by atoms with Crippen molar-refractivity contribution in [2.24, 2.45) is 0 Å². The first-order chi connectivity index (χ1) is 4.83. The monoisotopic (exact) mass is 170 g/mol. The number of rotatable bonds is 2. The van der Waals surface area contributed by atoms with Gasteiger partial charge in [-0.2, -0.15) is 4.37 Å². The second kappa shape index (κ2) is 3.59. The Balaban J connectivity index is 2.52. The first kappa shape index (κ1) is 7.58. The van der Waals surface area contributed by atoms with E-state index in [4.69, 9.17) is 6.42 Å². The van der Waals surface area contributed by atoms with Gasteiger partial charge in [-0.15, -0.1) is 6.42 Å². The van der Waals surface area contributed by atoms with Gasteiger partial charge in [0.05, 0.1) is 5.75 Å². The largest absolute Gasteiger partial charge is 0.213 e. The Hall–Kier alpha value is -0.530. The summed E-state index contributed by atoms with van der Waals surface area (Å²) in [7, 11) is 0. The second-order valence-electron chi connectivity index (χ2n) is 1.60. The van der Waals surface area contributed by atoms with Crippen LogP contribution in [0, 0.1) is 19.3 Å². The van der Waals surface area contributed by atoms with Gasteiger partial charge < -0.3 is 0 Å². The molecule has 1 rings (SSSR count). The molecule has 0 spiro atoms. The Bertz CT molecular complexity index is 248.